The zero-order chi connectivity index (χ0) is 13.6. The number of carbonyl (C=O) groups is 1. The Morgan fingerprint density at radius 3 is 2.61 bits per heavy atom. The van der Waals surface area contributed by atoms with Gasteiger partial charge in [-0.15, -0.1) is 0 Å². The normalized spacial score (nSPS) is 11.2. The minimum atomic E-state index is -3.61. The molecule has 6 nitrogen and oxygen atoms in total. The number of hydrogen-bond donors (Lipinski definition) is 3. The number of rotatable bonds is 6. The van der Waals surface area contributed by atoms with E-state index in [1.165, 1.54) is 19.2 Å². The SMILES string of the molecule is CNS(=O)(=O)c1ccccc1NC(=O)CCCO. The van der Waals surface area contributed by atoms with Gasteiger partial charge in [0.25, 0.3) is 0 Å². The Bertz CT molecular complexity index is 514. The molecule has 3 N–H and O–H groups in total. The topological polar surface area (TPSA) is 95.5 Å². The molecule has 1 amide bonds. The number of nitrogens with one attached hydrogen (secondary N) is 2. The number of anilines is 1. The van der Waals surface area contributed by atoms with Crippen LogP contribution in [-0.4, -0.2) is 33.1 Å². The van der Waals surface area contributed by atoms with Gasteiger partial charge in [-0.05, 0) is 25.6 Å². The Kier molecular flexibility index (Phi) is 5.26. The molecule has 1 rings (SSSR count). The second kappa shape index (κ2) is 6.48. The van der Waals surface area contributed by atoms with E-state index in [-0.39, 0.29) is 29.5 Å². The van der Waals surface area contributed by atoms with Gasteiger partial charge in [-0.3, -0.25) is 4.79 Å². The number of benzene rings is 1. The van der Waals surface area contributed by atoms with Crippen molar-refractivity contribution >= 4 is 21.6 Å². The Morgan fingerprint density at radius 2 is 2.00 bits per heavy atom. The first kappa shape index (κ1) is 14.6. The maximum atomic E-state index is 11.7. The quantitative estimate of drug-likeness (QED) is 0.694. The summed E-state index contributed by atoms with van der Waals surface area (Å²) in [6.45, 7) is -0.0795. The molecule has 0 fully saturated rings. The third-order valence-electron chi connectivity index (χ3n) is 2.28. The zero-order valence-corrected chi connectivity index (χ0v) is 10.8. The fourth-order valence-corrected chi connectivity index (χ4v) is 2.25. The first-order valence-electron chi connectivity index (χ1n) is 5.44. The molecule has 0 saturated carbocycles. The van der Waals surface area contributed by atoms with E-state index >= 15 is 0 Å². The molecular weight excluding hydrogens is 256 g/mol. The maximum Gasteiger partial charge on any atom is 0.242 e. The van der Waals surface area contributed by atoms with Crippen LogP contribution in [0.2, 0.25) is 0 Å². The second-order valence-electron chi connectivity index (χ2n) is 3.58. The number of para-hydroxylation sites is 1. The highest BCUT2D eigenvalue weighted by atomic mass is 32.2. The van der Waals surface area contributed by atoms with Crippen molar-refractivity contribution in [1.82, 2.24) is 4.72 Å². The van der Waals surface area contributed by atoms with Crippen LogP contribution in [0.1, 0.15) is 12.8 Å². The highest BCUT2D eigenvalue weighted by Crippen LogP contribution is 2.20. The molecule has 100 valence electrons. The third-order valence-corrected chi connectivity index (χ3v) is 3.75. The number of amides is 1. The number of sulfonamides is 1. The van der Waals surface area contributed by atoms with Crippen molar-refractivity contribution in [2.75, 3.05) is 19.0 Å². The Labute approximate surface area is 106 Å². The van der Waals surface area contributed by atoms with Gasteiger partial charge in [-0.1, -0.05) is 12.1 Å². The lowest BCUT2D eigenvalue weighted by molar-refractivity contribution is -0.116. The summed E-state index contributed by atoms with van der Waals surface area (Å²) < 4.78 is 25.6. The van der Waals surface area contributed by atoms with Gasteiger partial charge in [0.2, 0.25) is 15.9 Å². The zero-order valence-electron chi connectivity index (χ0n) is 10.0. The van der Waals surface area contributed by atoms with E-state index in [0.717, 1.165) is 0 Å². The molecule has 0 aliphatic heterocycles. The van der Waals surface area contributed by atoms with E-state index in [1.807, 2.05) is 0 Å². The molecule has 7 heteroatoms. The molecule has 1 aromatic carbocycles. The second-order valence-corrected chi connectivity index (χ2v) is 5.43. The van der Waals surface area contributed by atoms with Gasteiger partial charge in [0.05, 0.1) is 5.69 Å². The van der Waals surface area contributed by atoms with Crippen LogP contribution in [0.4, 0.5) is 5.69 Å². The van der Waals surface area contributed by atoms with Crippen LogP contribution in [0.15, 0.2) is 29.2 Å². The van der Waals surface area contributed by atoms with Gasteiger partial charge in [-0.25, -0.2) is 13.1 Å². The number of hydrogen-bond acceptors (Lipinski definition) is 4. The summed E-state index contributed by atoms with van der Waals surface area (Å²) in [5.74, 6) is -0.331. The standard InChI is InChI=1S/C11H16N2O4S/c1-12-18(16,17)10-6-3-2-5-9(10)13-11(15)7-4-8-14/h2-3,5-6,12,14H,4,7-8H2,1H3,(H,13,15). The van der Waals surface area contributed by atoms with Gasteiger partial charge in [-0.2, -0.15) is 0 Å². The molecule has 0 spiro atoms. The van der Waals surface area contributed by atoms with Crippen LogP contribution in [-0.2, 0) is 14.8 Å². The van der Waals surface area contributed by atoms with Gasteiger partial charge in [0.1, 0.15) is 4.90 Å². The molecule has 18 heavy (non-hydrogen) atoms. The van der Waals surface area contributed by atoms with Crippen molar-refractivity contribution in [3.63, 3.8) is 0 Å². The van der Waals surface area contributed by atoms with Crippen molar-refractivity contribution < 1.29 is 18.3 Å². The monoisotopic (exact) mass is 272 g/mol. The van der Waals surface area contributed by atoms with Crippen LogP contribution < -0.4 is 10.0 Å². The van der Waals surface area contributed by atoms with Crippen LogP contribution in [0.25, 0.3) is 0 Å². The van der Waals surface area contributed by atoms with E-state index in [0.29, 0.717) is 6.42 Å². The lowest BCUT2D eigenvalue weighted by atomic mass is 10.2. The van der Waals surface area contributed by atoms with Crippen molar-refractivity contribution in [2.45, 2.75) is 17.7 Å². The Balaban J connectivity index is 2.93. The molecule has 0 saturated heterocycles. The van der Waals surface area contributed by atoms with Gasteiger partial charge >= 0.3 is 0 Å². The summed E-state index contributed by atoms with van der Waals surface area (Å²) in [4.78, 5) is 11.5. The Morgan fingerprint density at radius 1 is 1.33 bits per heavy atom. The minimum absolute atomic E-state index is 0.0184. The highest BCUT2D eigenvalue weighted by Gasteiger charge is 2.17. The summed E-state index contributed by atoms with van der Waals surface area (Å²) in [6, 6.07) is 6.14. The molecule has 1 aromatic rings. The molecule has 0 radical (unpaired) electrons. The van der Waals surface area contributed by atoms with Crippen molar-refractivity contribution in [1.29, 1.82) is 0 Å². The van der Waals surface area contributed by atoms with Crippen molar-refractivity contribution in [3.8, 4) is 0 Å². The molecular formula is C11H16N2O4S. The Hall–Kier alpha value is -1.44. The van der Waals surface area contributed by atoms with Crippen molar-refractivity contribution in [2.24, 2.45) is 0 Å². The molecule has 0 heterocycles. The lowest BCUT2D eigenvalue weighted by Crippen LogP contribution is -2.21. The van der Waals surface area contributed by atoms with Crippen LogP contribution in [0.5, 0.6) is 0 Å². The predicted octanol–water partition coefficient (Wildman–Crippen LogP) is 0.306. The summed E-state index contributed by atoms with van der Waals surface area (Å²) >= 11 is 0. The van der Waals surface area contributed by atoms with E-state index in [1.54, 1.807) is 12.1 Å². The summed E-state index contributed by atoms with van der Waals surface area (Å²) in [7, 11) is -2.30. The summed E-state index contributed by atoms with van der Waals surface area (Å²) in [5.41, 5.74) is 0.231. The minimum Gasteiger partial charge on any atom is -0.396 e. The fraction of sp³-hybridized carbons (Fsp3) is 0.364. The smallest absolute Gasteiger partial charge is 0.242 e. The van der Waals surface area contributed by atoms with Gasteiger partial charge in [0, 0.05) is 13.0 Å². The largest absolute Gasteiger partial charge is 0.396 e. The highest BCUT2D eigenvalue weighted by molar-refractivity contribution is 7.89. The van der Waals surface area contributed by atoms with Crippen LogP contribution in [0, 0.1) is 0 Å². The van der Waals surface area contributed by atoms with E-state index < -0.39 is 10.0 Å². The number of aliphatic hydroxyl groups is 1. The molecule has 0 aliphatic carbocycles. The molecule has 0 unspecified atom stereocenters. The number of carbonyl (C=O) groups excluding carboxylic acids is 1. The lowest BCUT2D eigenvalue weighted by Gasteiger charge is -2.10. The third kappa shape index (κ3) is 3.80. The average molecular weight is 272 g/mol. The molecule has 0 aromatic heterocycles. The number of aliphatic hydroxyl groups excluding tert-OH is 1. The maximum absolute atomic E-state index is 11.7. The fourth-order valence-electron chi connectivity index (χ4n) is 1.37. The average Bonchev–Trinajstić information content (AvgIpc) is 2.37. The van der Waals surface area contributed by atoms with Crippen LogP contribution in [0.3, 0.4) is 0 Å². The van der Waals surface area contributed by atoms with Crippen molar-refractivity contribution in [3.05, 3.63) is 24.3 Å². The molecule has 0 atom stereocenters. The van der Waals surface area contributed by atoms with Crippen LogP contribution >= 0.6 is 0 Å². The van der Waals surface area contributed by atoms with Gasteiger partial charge in [0.15, 0.2) is 0 Å². The van der Waals surface area contributed by atoms with E-state index in [4.69, 9.17) is 5.11 Å². The van der Waals surface area contributed by atoms with E-state index in [2.05, 4.69) is 10.0 Å². The summed E-state index contributed by atoms with van der Waals surface area (Å²) in [6.07, 6.45) is 0.483. The molecule has 0 aliphatic rings. The van der Waals surface area contributed by atoms with Gasteiger partial charge < -0.3 is 10.4 Å². The predicted molar refractivity (Wildman–Crippen MR) is 67.6 cm³/mol. The van der Waals surface area contributed by atoms with E-state index in [9.17, 15) is 13.2 Å². The summed E-state index contributed by atoms with van der Waals surface area (Å²) in [5, 5.41) is 11.1. The molecule has 0 bridgehead atoms. The first-order valence-corrected chi connectivity index (χ1v) is 6.93. The first-order chi connectivity index (χ1) is 8.51.